The molecule has 0 bridgehead atoms. The molecule has 8 N–H and O–H groups in total. The van der Waals surface area contributed by atoms with Gasteiger partial charge in [0.05, 0.1) is 47.6 Å². The van der Waals surface area contributed by atoms with Gasteiger partial charge in [-0.3, -0.25) is 29.1 Å². The molecule has 63 heavy (non-hydrogen) atoms. The van der Waals surface area contributed by atoms with Crippen molar-refractivity contribution in [1.29, 1.82) is 0 Å². The number of benzene rings is 2. The van der Waals surface area contributed by atoms with E-state index in [1.54, 1.807) is 85.2 Å². The molecule has 18 nitrogen and oxygen atoms in total. The molecule has 0 atom stereocenters. The van der Waals surface area contributed by atoms with Crippen LogP contribution in [0.5, 0.6) is 0 Å². The van der Waals surface area contributed by atoms with E-state index in [0.29, 0.717) is 52.5 Å². The van der Waals surface area contributed by atoms with Gasteiger partial charge in [0.1, 0.15) is 0 Å². The Morgan fingerprint density at radius 2 is 1.08 bits per heavy atom. The molecule has 0 unspecified atom stereocenters. The van der Waals surface area contributed by atoms with Crippen molar-refractivity contribution in [3.63, 3.8) is 0 Å². The molecule has 1 aliphatic rings. The molecule has 0 saturated carbocycles. The van der Waals surface area contributed by atoms with Crippen molar-refractivity contribution in [2.45, 2.75) is 19.3 Å². The average molecular weight is 851 g/mol. The van der Waals surface area contributed by atoms with Gasteiger partial charge in [-0.1, -0.05) is 24.3 Å². The smallest absolute Gasteiger partial charge is 0.278 e. The summed E-state index contributed by atoms with van der Waals surface area (Å²) in [6, 6.07) is 20.8. The number of rotatable bonds is 15. The van der Waals surface area contributed by atoms with Crippen LogP contribution < -0.4 is 32.7 Å². The summed E-state index contributed by atoms with van der Waals surface area (Å²) in [5.74, 6) is -1.14. The Hall–Kier alpha value is -7.70. The lowest BCUT2D eigenvalue weighted by Gasteiger charge is -2.14. The van der Waals surface area contributed by atoms with Crippen LogP contribution >= 0.6 is 0 Å². The van der Waals surface area contributed by atoms with Crippen LogP contribution in [0.3, 0.4) is 0 Å². The number of amides is 4. The number of pyridine rings is 2. The van der Waals surface area contributed by atoms with E-state index in [1.165, 1.54) is 37.6 Å². The van der Waals surface area contributed by atoms with Crippen LogP contribution in [0.25, 0.3) is 22.5 Å². The topological polar surface area (TPSA) is 252 Å². The second-order valence-electron chi connectivity index (χ2n) is 14.7. The van der Waals surface area contributed by atoms with Gasteiger partial charge in [-0.2, -0.15) is 0 Å². The minimum absolute atomic E-state index is 0.0177. The monoisotopic (exact) mass is 850 g/mol. The number of nitrogens with two attached hydrogens (primary N) is 2. The highest BCUT2D eigenvalue weighted by Crippen LogP contribution is 2.22. The molecular weight excluding hydrogens is 801 g/mol. The lowest BCUT2D eigenvalue weighted by Crippen LogP contribution is -2.33. The van der Waals surface area contributed by atoms with Crippen molar-refractivity contribution in [1.82, 2.24) is 50.3 Å². The van der Waals surface area contributed by atoms with Crippen LogP contribution in [-0.4, -0.2) is 117 Å². The van der Waals surface area contributed by atoms with Crippen molar-refractivity contribution in [3.05, 3.63) is 132 Å². The zero-order chi connectivity index (χ0) is 44.6. The Kier molecular flexibility index (Phi) is 15.8. The number of nitrogens with zero attached hydrogens (tertiary/aromatic N) is 8. The molecule has 0 radical (unpaired) electrons. The van der Waals surface area contributed by atoms with Crippen molar-refractivity contribution in [2.75, 3.05) is 75.5 Å². The number of hydrogen-bond donors (Lipinski definition) is 6. The van der Waals surface area contributed by atoms with E-state index in [4.69, 9.17) is 11.5 Å². The van der Waals surface area contributed by atoms with Gasteiger partial charge >= 0.3 is 0 Å². The van der Waals surface area contributed by atoms with Gasteiger partial charge in [0.25, 0.3) is 23.6 Å². The third-order valence-electron chi connectivity index (χ3n) is 9.74. The van der Waals surface area contributed by atoms with Crippen LogP contribution in [0.15, 0.2) is 110 Å². The Balaban J connectivity index is 0.000000210. The molecule has 5 heterocycles. The van der Waals surface area contributed by atoms with E-state index in [-0.39, 0.29) is 34.8 Å². The Morgan fingerprint density at radius 1 is 0.619 bits per heavy atom. The quantitative estimate of drug-likeness (QED) is 0.0791. The number of nitrogens with one attached hydrogen (secondary N) is 4. The molecule has 6 aromatic rings. The van der Waals surface area contributed by atoms with Gasteiger partial charge in [0, 0.05) is 54.3 Å². The average Bonchev–Trinajstić information content (AvgIpc) is 3.83. The standard InChI is InChI=1S/C23H25N7O2.C22H25N7O2/c24-21-20(23(32)28-18-4-3-9-25-14-18)29-19(15-27-21)16-5-7-17(8-6-16)22(31)26-10-13-30-11-1-2-12-30;1-29(2)12-4-11-25-21(30)16-8-6-15(7-9-16)18-14-26-20(23)19(28-18)22(31)27-17-5-3-10-24-13-17/h3-9,14-15H,1-2,10-13H2,(H2,24,27)(H,26,31)(H,28,32);3,5-10,13-14H,4,11-12H2,1-2H3,(H2,23,26)(H,25,30)(H,27,31). The zero-order valence-corrected chi connectivity index (χ0v) is 35.1. The summed E-state index contributed by atoms with van der Waals surface area (Å²) in [5, 5.41) is 11.3. The number of anilines is 4. The number of carbonyl (C=O) groups is 4. The van der Waals surface area contributed by atoms with Crippen molar-refractivity contribution >= 4 is 46.6 Å². The summed E-state index contributed by atoms with van der Waals surface area (Å²) in [6.07, 6.45) is 12.6. The minimum atomic E-state index is -0.478. The van der Waals surface area contributed by atoms with E-state index in [2.05, 4.69) is 61.0 Å². The van der Waals surface area contributed by atoms with Crippen LogP contribution in [0.1, 0.15) is 61.0 Å². The highest BCUT2D eigenvalue weighted by molar-refractivity contribution is 6.06. The highest BCUT2D eigenvalue weighted by Gasteiger charge is 2.18. The van der Waals surface area contributed by atoms with Crippen molar-refractivity contribution in [3.8, 4) is 22.5 Å². The Labute approximate surface area is 365 Å². The number of carbonyl (C=O) groups excluding carboxylic acids is 4. The molecule has 1 saturated heterocycles. The fourth-order valence-electron chi connectivity index (χ4n) is 6.38. The molecule has 7 rings (SSSR count). The number of likely N-dealkylation sites (tertiary alicyclic amines) is 1. The molecule has 1 fully saturated rings. The van der Waals surface area contributed by atoms with Crippen LogP contribution in [0.4, 0.5) is 23.0 Å². The molecule has 4 aromatic heterocycles. The Bertz CT molecular complexity index is 2470. The largest absolute Gasteiger partial charge is 0.382 e. The maximum Gasteiger partial charge on any atom is 0.278 e. The molecule has 18 heteroatoms. The molecule has 4 amide bonds. The minimum Gasteiger partial charge on any atom is -0.382 e. The summed E-state index contributed by atoms with van der Waals surface area (Å²) >= 11 is 0. The van der Waals surface area contributed by atoms with Gasteiger partial charge < -0.3 is 42.5 Å². The maximum absolute atomic E-state index is 12.6. The van der Waals surface area contributed by atoms with Crippen LogP contribution in [0, 0.1) is 0 Å². The van der Waals surface area contributed by atoms with Crippen LogP contribution in [0.2, 0.25) is 0 Å². The van der Waals surface area contributed by atoms with E-state index in [1.807, 2.05) is 14.1 Å². The van der Waals surface area contributed by atoms with E-state index in [0.717, 1.165) is 38.2 Å². The van der Waals surface area contributed by atoms with Gasteiger partial charge in [0.2, 0.25) is 0 Å². The van der Waals surface area contributed by atoms with E-state index >= 15 is 0 Å². The first-order chi connectivity index (χ1) is 30.5. The first-order valence-corrected chi connectivity index (χ1v) is 20.4. The highest BCUT2D eigenvalue weighted by atomic mass is 16.2. The third-order valence-corrected chi connectivity index (χ3v) is 9.74. The summed E-state index contributed by atoms with van der Waals surface area (Å²) in [4.78, 5) is 79.1. The van der Waals surface area contributed by atoms with Crippen LogP contribution in [-0.2, 0) is 0 Å². The molecule has 2 aromatic carbocycles. The fraction of sp³-hybridized carbons (Fsp3) is 0.244. The van der Waals surface area contributed by atoms with Gasteiger partial charge in [0.15, 0.2) is 23.0 Å². The summed E-state index contributed by atoms with van der Waals surface area (Å²) in [6.45, 7) is 5.22. The maximum atomic E-state index is 12.6. The predicted molar refractivity (Wildman–Crippen MR) is 242 cm³/mol. The predicted octanol–water partition coefficient (Wildman–Crippen LogP) is 4.25. The fourth-order valence-corrected chi connectivity index (χ4v) is 6.38. The number of nitrogen functional groups attached to an aromatic ring is 2. The molecule has 1 aliphatic heterocycles. The summed E-state index contributed by atoms with van der Waals surface area (Å²) in [5.41, 5.74) is 16.3. The third kappa shape index (κ3) is 13.1. The molecule has 0 spiro atoms. The molecule has 324 valence electrons. The second-order valence-corrected chi connectivity index (χ2v) is 14.7. The lowest BCUT2D eigenvalue weighted by molar-refractivity contribution is 0.0942. The van der Waals surface area contributed by atoms with Crippen molar-refractivity contribution in [2.24, 2.45) is 0 Å². The number of hydrogen-bond acceptors (Lipinski definition) is 14. The SMILES string of the molecule is CN(C)CCCNC(=O)c1ccc(-c2cnc(N)c(C(=O)Nc3cccnc3)n2)cc1.Nc1ncc(-c2ccc(C(=O)NCCN3CCCC3)cc2)nc1C(=O)Nc1cccnc1. The first kappa shape index (κ1) is 44.8. The molecule has 0 aliphatic carbocycles. The van der Waals surface area contributed by atoms with E-state index in [9.17, 15) is 19.2 Å². The van der Waals surface area contributed by atoms with Gasteiger partial charge in [-0.25, -0.2) is 19.9 Å². The van der Waals surface area contributed by atoms with E-state index < -0.39 is 11.8 Å². The summed E-state index contributed by atoms with van der Waals surface area (Å²) in [7, 11) is 3.99. The summed E-state index contributed by atoms with van der Waals surface area (Å²) < 4.78 is 0. The number of aromatic nitrogens is 6. The second kappa shape index (κ2) is 22.2. The first-order valence-electron chi connectivity index (χ1n) is 20.4. The lowest BCUT2D eigenvalue weighted by atomic mass is 10.1. The normalized spacial score (nSPS) is 12.2. The Morgan fingerprint density at radius 3 is 1.51 bits per heavy atom. The van der Waals surface area contributed by atoms with Gasteiger partial charge in [-0.05, 0) is 102 Å². The zero-order valence-electron chi connectivity index (χ0n) is 35.1. The molecular formula is C45H50N14O4. The van der Waals surface area contributed by atoms with Gasteiger partial charge in [-0.15, -0.1) is 0 Å². The van der Waals surface area contributed by atoms with Crippen molar-refractivity contribution < 1.29 is 19.2 Å².